The molecule has 1 aromatic carbocycles. The Kier molecular flexibility index (Phi) is 3.15. The average molecular weight is 267 g/mol. The molecule has 2 aromatic rings. The van der Waals surface area contributed by atoms with Gasteiger partial charge in [-0.05, 0) is 24.3 Å². The Hall–Kier alpha value is -1.06. The second-order valence-electron chi connectivity index (χ2n) is 5.07. The molecule has 1 aromatic heterocycles. The van der Waals surface area contributed by atoms with E-state index in [2.05, 4.69) is 25.9 Å². The van der Waals surface area contributed by atoms with Crippen molar-refractivity contribution in [3.05, 3.63) is 45.7 Å². The van der Waals surface area contributed by atoms with Gasteiger partial charge >= 0.3 is 0 Å². The number of aromatic nitrogens is 2. The largest absolute Gasteiger partial charge is 0.296 e. The molecule has 0 amide bonds. The number of nitrogens with one attached hydrogen (secondary N) is 1. The van der Waals surface area contributed by atoms with Crippen LogP contribution in [-0.2, 0) is 5.41 Å². The Balaban J connectivity index is 2.54. The Labute approximate surface area is 111 Å². The van der Waals surface area contributed by atoms with Gasteiger partial charge in [0.15, 0.2) is 0 Å². The van der Waals surface area contributed by atoms with Crippen molar-refractivity contribution in [3.63, 3.8) is 0 Å². The van der Waals surface area contributed by atoms with Gasteiger partial charge in [-0.2, -0.15) is 0 Å². The molecular formula is C13H15ClN2S. The normalized spacial score (nSPS) is 11.8. The predicted molar refractivity (Wildman–Crippen MR) is 74.7 cm³/mol. The van der Waals surface area contributed by atoms with Crippen molar-refractivity contribution < 1.29 is 0 Å². The summed E-state index contributed by atoms with van der Waals surface area (Å²) in [5.41, 5.74) is 2.12. The maximum atomic E-state index is 5.98. The van der Waals surface area contributed by atoms with E-state index in [1.54, 1.807) is 0 Å². The van der Waals surface area contributed by atoms with Crippen molar-refractivity contribution >= 4 is 23.8 Å². The first kappa shape index (κ1) is 12.4. The predicted octanol–water partition coefficient (Wildman–Crippen LogP) is 4.49. The van der Waals surface area contributed by atoms with Crippen LogP contribution in [-0.4, -0.2) is 9.78 Å². The third-order valence-electron chi connectivity index (χ3n) is 2.59. The Morgan fingerprint density at radius 2 is 1.94 bits per heavy atom. The molecule has 0 unspecified atom stereocenters. The van der Waals surface area contributed by atoms with Gasteiger partial charge in [0.1, 0.15) is 4.64 Å². The fourth-order valence-electron chi connectivity index (χ4n) is 1.59. The first-order chi connectivity index (χ1) is 7.88. The first-order valence-electron chi connectivity index (χ1n) is 5.46. The molecule has 0 aliphatic carbocycles. The minimum absolute atomic E-state index is 0.0530. The van der Waals surface area contributed by atoms with Gasteiger partial charge in [-0.25, -0.2) is 4.68 Å². The summed E-state index contributed by atoms with van der Waals surface area (Å²) >= 11 is 11.3. The van der Waals surface area contributed by atoms with E-state index in [4.69, 9.17) is 23.8 Å². The van der Waals surface area contributed by atoms with Crippen molar-refractivity contribution in [2.24, 2.45) is 0 Å². The molecule has 2 rings (SSSR count). The Bertz CT molecular complexity index is 590. The van der Waals surface area contributed by atoms with E-state index in [0.717, 1.165) is 16.0 Å². The highest BCUT2D eigenvalue weighted by Gasteiger charge is 2.16. The van der Waals surface area contributed by atoms with Crippen molar-refractivity contribution in [2.45, 2.75) is 26.2 Å². The van der Waals surface area contributed by atoms with Crippen molar-refractivity contribution in [1.29, 1.82) is 0 Å². The molecule has 0 atom stereocenters. The molecule has 1 heterocycles. The number of halogens is 1. The zero-order valence-electron chi connectivity index (χ0n) is 10.1. The van der Waals surface area contributed by atoms with E-state index in [-0.39, 0.29) is 5.41 Å². The number of rotatable bonds is 1. The summed E-state index contributed by atoms with van der Waals surface area (Å²) < 4.78 is 2.64. The van der Waals surface area contributed by atoms with Gasteiger partial charge in [0.25, 0.3) is 0 Å². The highest BCUT2D eigenvalue weighted by atomic mass is 35.5. The number of aromatic amines is 1. The summed E-state index contributed by atoms with van der Waals surface area (Å²) in [6.07, 6.45) is 0. The van der Waals surface area contributed by atoms with Crippen LogP contribution in [0.2, 0.25) is 5.02 Å². The zero-order chi connectivity index (χ0) is 12.6. The smallest absolute Gasteiger partial charge is 0.127 e. The molecule has 0 radical (unpaired) electrons. The van der Waals surface area contributed by atoms with Gasteiger partial charge in [-0.15, -0.1) is 0 Å². The van der Waals surface area contributed by atoms with E-state index >= 15 is 0 Å². The van der Waals surface area contributed by atoms with Gasteiger partial charge in [0.05, 0.1) is 5.69 Å². The minimum Gasteiger partial charge on any atom is -0.296 e. The number of H-pyrrole nitrogens is 1. The van der Waals surface area contributed by atoms with Gasteiger partial charge in [0, 0.05) is 16.1 Å². The summed E-state index contributed by atoms with van der Waals surface area (Å²) in [5.74, 6) is 0. The Morgan fingerprint density at radius 3 is 2.47 bits per heavy atom. The lowest BCUT2D eigenvalue weighted by Gasteiger charge is -2.15. The van der Waals surface area contributed by atoms with Crippen molar-refractivity contribution in [1.82, 2.24) is 9.78 Å². The summed E-state index contributed by atoms with van der Waals surface area (Å²) in [4.78, 5) is 0. The quantitative estimate of drug-likeness (QED) is 0.755. The molecule has 17 heavy (non-hydrogen) atoms. The second kappa shape index (κ2) is 4.31. The fourth-order valence-corrected chi connectivity index (χ4v) is 2.04. The average Bonchev–Trinajstić information content (AvgIpc) is 2.60. The topological polar surface area (TPSA) is 20.7 Å². The van der Waals surface area contributed by atoms with Gasteiger partial charge in [-0.3, -0.25) is 5.10 Å². The number of hydrogen-bond donors (Lipinski definition) is 1. The van der Waals surface area contributed by atoms with Crippen LogP contribution in [0.15, 0.2) is 30.3 Å². The maximum Gasteiger partial charge on any atom is 0.127 e. The lowest BCUT2D eigenvalue weighted by molar-refractivity contribution is 0.560. The molecule has 0 spiro atoms. The summed E-state index contributed by atoms with van der Waals surface area (Å²) in [6.45, 7) is 6.45. The van der Waals surface area contributed by atoms with Crippen LogP contribution in [0.1, 0.15) is 26.5 Å². The highest BCUT2D eigenvalue weighted by Crippen LogP contribution is 2.22. The molecular weight excluding hydrogens is 252 g/mol. The monoisotopic (exact) mass is 266 g/mol. The van der Waals surface area contributed by atoms with Crippen LogP contribution in [0.25, 0.3) is 5.69 Å². The molecule has 0 bridgehead atoms. The van der Waals surface area contributed by atoms with Crippen LogP contribution in [0.4, 0.5) is 0 Å². The molecule has 0 saturated heterocycles. The van der Waals surface area contributed by atoms with Gasteiger partial charge in [0.2, 0.25) is 0 Å². The highest BCUT2D eigenvalue weighted by molar-refractivity contribution is 7.71. The van der Waals surface area contributed by atoms with Crippen LogP contribution in [0.5, 0.6) is 0 Å². The van der Waals surface area contributed by atoms with Gasteiger partial charge < -0.3 is 0 Å². The molecule has 1 N–H and O–H groups in total. The molecule has 0 aliphatic rings. The summed E-state index contributed by atoms with van der Waals surface area (Å²) in [5, 5.41) is 4.02. The lowest BCUT2D eigenvalue weighted by Crippen LogP contribution is -2.12. The van der Waals surface area contributed by atoms with E-state index in [1.165, 1.54) is 0 Å². The van der Waals surface area contributed by atoms with E-state index in [0.29, 0.717) is 5.02 Å². The van der Waals surface area contributed by atoms with Gasteiger partial charge in [-0.1, -0.05) is 50.7 Å². The molecule has 0 aliphatic heterocycles. The van der Waals surface area contributed by atoms with Crippen LogP contribution in [0.3, 0.4) is 0 Å². The molecule has 4 heteroatoms. The van der Waals surface area contributed by atoms with E-state index < -0.39 is 0 Å². The third-order valence-corrected chi connectivity index (χ3v) is 3.13. The molecule has 2 nitrogen and oxygen atoms in total. The van der Waals surface area contributed by atoms with Crippen molar-refractivity contribution in [2.75, 3.05) is 0 Å². The maximum absolute atomic E-state index is 5.98. The van der Waals surface area contributed by atoms with E-state index in [9.17, 15) is 0 Å². The first-order valence-corrected chi connectivity index (χ1v) is 6.25. The molecule has 0 fully saturated rings. The fraction of sp³-hybridized carbons (Fsp3) is 0.308. The number of nitrogens with zero attached hydrogens (tertiary/aromatic N) is 1. The third kappa shape index (κ3) is 2.61. The zero-order valence-corrected chi connectivity index (χ0v) is 11.7. The second-order valence-corrected chi connectivity index (χ2v) is 5.93. The van der Waals surface area contributed by atoms with E-state index in [1.807, 2.05) is 35.0 Å². The molecule has 0 saturated carbocycles. The summed E-state index contributed by atoms with van der Waals surface area (Å²) in [6, 6.07) is 9.63. The molecule has 90 valence electrons. The number of hydrogen-bond acceptors (Lipinski definition) is 1. The lowest BCUT2D eigenvalue weighted by atomic mass is 9.93. The standard InChI is InChI=1S/C13H15ClN2S/c1-13(2,3)11-8-12(17)16(15-11)10-6-4-5-9(14)7-10/h4-8,15H,1-3H3. The van der Waals surface area contributed by atoms with Crippen LogP contribution < -0.4 is 0 Å². The summed E-state index contributed by atoms with van der Waals surface area (Å²) in [7, 11) is 0. The van der Waals surface area contributed by atoms with Crippen LogP contribution in [0, 0.1) is 4.64 Å². The number of benzene rings is 1. The van der Waals surface area contributed by atoms with Crippen molar-refractivity contribution in [3.8, 4) is 5.69 Å². The minimum atomic E-state index is 0.0530. The Morgan fingerprint density at radius 1 is 1.24 bits per heavy atom. The SMILES string of the molecule is CC(C)(C)c1cc(=S)n(-c2cccc(Cl)c2)[nH]1. The van der Waals surface area contributed by atoms with Crippen LogP contribution >= 0.6 is 23.8 Å².